The molecule has 3 aliphatic rings. The Bertz CT molecular complexity index is 1390. The third kappa shape index (κ3) is 2.39. The lowest BCUT2D eigenvalue weighted by Gasteiger charge is -2.33. The lowest BCUT2D eigenvalue weighted by Crippen LogP contribution is -2.42. The van der Waals surface area contributed by atoms with E-state index in [1.165, 1.54) is 0 Å². The summed E-state index contributed by atoms with van der Waals surface area (Å²) < 4.78 is 18.7. The van der Waals surface area contributed by atoms with Gasteiger partial charge in [-0.25, -0.2) is 4.98 Å². The molecule has 3 aromatic rings. The lowest BCUT2D eigenvalue weighted by molar-refractivity contribution is -0.153. The third-order valence-corrected chi connectivity index (χ3v) is 7.28. The van der Waals surface area contributed by atoms with E-state index < -0.39 is 5.41 Å². The van der Waals surface area contributed by atoms with Gasteiger partial charge in [-0.15, -0.1) is 0 Å². The van der Waals surface area contributed by atoms with Crippen molar-refractivity contribution in [1.82, 2.24) is 9.55 Å². The Balaban J connectivity index is 1.64. The largest absolute Gasteiger partial charge is 0.486 e. The summed E-state index contributed by atoms with van der Waals surface area (Å²) in [6.45, 7) is 7.45. The minimum Gasteiger partial charge on any atom is -0.486 e. The van der Waals surface area contributed by atoms with Crippen molar-refractivity contribution < 1.29 is 19.0 Å². The number of fused-ring (bicyclic) bond motifs is 6. The molecule has 2 aromatic heterocycles. The van der Waals surface area contributed by atoms with Crippen LogP contribution in [0.4, 0.5) is 0 Å². The summed E-state index contributed by atoms with van der Waals surface area (Å²) in [6.07, 6.45) is 1.36. The van der Waals surface area contributed by atoms with Crippen molar-refractivity contribution in [3.8, 4) is 22.9 Å². The van der Waals surface area contributed by atoms with Crippen LogP contribution in [0.2, 0.25) is 0 Å². The molecule has 0 spiro atoms. The van der Waals surface area contributed by atoms with E-state index in [9.17, 15) is 9.59 Å². The van der Waals surface area contributed by atoms with Gasteiger partial charge in [-0.3, -0.25) is 9.59 Å². The van der Waals surface area contributed by atoms with Gasteiger partial charge in [0.15, 0.2) is 11.5 Å². The maximum atomic E-state index is 13.5. The minimum atomic E-state index is -0.834. The second kappa shape index (κ2) is 6.58. The quantitative estimate of drug-likeness (QED) is 0.451. The van der Waals surface area contributed by atoms with Gasteiger partial charge in [-0.05, 0) is 43.0 Å². The fraction of sp³-hybridized carbons (Fsp3) is 0.400. The average Bonchev–Trinajstić information content (AvgIpc) is 3.17. The third-order valence-electron chi connectivity index (χ3n) is 7.28. The molecule has 3 aliphatic heterocycles. The second-order valence-electron chi connectivity index (χ2n) is 8.86. The van der Waals surface area contributed by atoms with Crippen molar-refractivity contribution in [2.45, 2.75) is 52.2 Å². The summed E-state index contributed by atoms with van der Waals surface area (Å²) in [5, 5.41) is 1.03. The highest BCUT2D eigenvalue weighted by molar-refractivity contribution is 5.91. The summed E-state index contributed by atoms with van der Waals surface area (Å²) >= 11 is 0. The fourth-order valence-corrected chi connectivity index (χ4v) is 5.27. The zero-order valence-corrected chi connectivity index (χ0v) is 18.4. The van der Waals surface area contributed by atoms with Crippen LogP contribution in [0.3, 0.4) is 0 Å². The Morgan fingerprint density at radius 1 is 1.03 bits per heavy atom. The zero-order valence-electron chi connectivity index (χ0n) is 18.4. The first kappa shape index (κ1) is 19.3. The number of esters is 1. The Morgan fingerprint density at radius 3 is 2.50 bits per heavy atom. The van der Waals surface area contributed by atoms with E-state index in [2.05, 4.69) is 6.92 Å². The van der Waals surface area contributed by atoms with Crippen LogP contribution in [0.25, 0.3) is 22.3 Å². The molecule has 6 rings (SSSR count). The molecule has 1 unspecified atom stereocenters. The zero-order chi connectivity index (χ0) is 22.2. The number of benzene rings is 1. The first-order chi connectivity index (χ1) is 15.5. The van der Waals surface area contributed by atoms with Gasteiger partial charge in [-0.1, -0.05) is 13.8 Å². The Kier molecular flexibility index (Phi) is 3.97. The van der Waals surface area contributed by atoms with Crippen LogP contribution in [0.1, 0.15) is 49.4 Å². The molecule has 0 N–H and O–H groups in total. The van der Waals surface area contributed by atoms with Crippen LogP contribution in [0.5, 0.6) is 11.5 Å². The van der Waals surface area contributed by atoms with Crippen LogP contribution in [0.15, 0.2) is 23.0 Å². The molecule has 0 bridgehead atoms. The topological polar surface area (TPSA) is 79.7 Å². The number of ether oxygens (including phenoxy) is 3. The standard InChI is InChI=1S/C25H24N2O5/c1-4-13-14-8-20-21(31-7-6-30-20)10-18(14)26-22-15(13)11-27-19(22)9-17-16(23(27)28)12-32-24(29)25(17,3)5-2/h8-10H,4-7,11-12H2,1-3H3. The highest BCUT2D eigenvalue weighted by atomic mass is 16.6. The fourth-order valence-electron chi connectivity index (χ4n) is 5.27. The molecule has 7 heteroatoms. The predicted molar refractivity (Wildman–Crippen MR) is 118 cm³/mol. The molecule has 164 valence electrons. The molecule has 0 aliphatic carbocycles. The van der Waals surface area contributed by atoms with E-state index in [1.807, 2.05) is 32.0 Å². The van der Waals surface area contributed by atoms with Gasteiger partial charge in [0, 0.05) is 17.0 Å². The number of rotatable bonds is 2. The summed E-state index contributed by atoms with van der Waals surface area (Å²) in [6, 6.07) is 5.92. The Morgan fingerprint density at radius 2 is 1.78 bits per heavy atom. The van der Waals surface area contributed by atoms with Crippen LogP contribution < -0.4 is 15.0 Å². The molecule has 0 amide bonds. The number of hydrogen-bond donors (Lipinski definition) is 0. The molecule has 0 fully saturated rings. The molecule has 1 atom stereocenters. The number of carbonyl (C=O) groups is 1. The van der Waals surface area contributed by atoms with Crippen LogP contribution in [-0.2, 0) is 34.5 Å². The van der Waals surface area contributed by atoms with Gasteiger partial charge in [-0.2, -0.15) is 0 Å². The number of nitrogens with zero attached hydrogens (tertiary/aromatic N) is 2. The molecular weight excluding hydrogens is 408 g/mol. The normalized spacial score (nSPS) is 20.5. The molecule has 0 saturated carbocycles. The molecule has 7 nitrogen and oxygen atoms in total. The van der Waals surface area contributed by atoms with Gasteiger partial charge in [0.2, 0.25) is 0 Å². The smallest absolute Gasteiger partial charge is 0.316 e. The highest BCUT2D eigenvalue weighted by Gasteiger charge is 2.43. The first-order valence-electron chi connectivity index (χ1n) is 11.2. The maximum absolute atomic E-state index is 13.5. The van der Waals surface area contributed by atoms with Gasteiger partial charge in [0.25, 0.3) is 5.56 Å². The SMILES string of the molecule is CCc1c2c(nc3cc4c(cc13)OCCO4)-c1cc3c(c(=O)n1C2)COC(=O)C3(C)CC. The van der Waals surface area contributed by atoms with E-state index in [0.29, 0.717) is 37.5 Å². The average molecular weight is 432 g/mol. The van der Waals surface area contributed by atoms with Crippen molar-refractivity contribution in [2.75, 3.05) is 13.2 Å². The monoisotopic (exact) mass is 432 g/mol. The summed E-state index contributed by atoms with van der Waals surface area (Å²) in [5.74, 6) is 1.15. The van der Waals surface area contributed by atoms with E-state index in [1.54, 1.807) is 4.57 Å². The van der Waals surface area contributed by atoms with Crippen LogP contribution in [0, 0.1) is 0 Å². The van der Waals surface area contributed by atoms with Crippen molar-refractivity contribution >= 4 is 16.9 Å². The molecular formula is C25H24N2O5. The van der Waals surface area contributed by atoms with Gasteiger partial charge in [0.1, 0.15) is 19.8 Å². The second-order valence-corrected chi connectivity index (χ2v) is 8.86. The summed E-state index contributed by atoms with van der Waals surface area (Å²) in [5.41, 5.74) is 5.02. The molecule has 1 aromatic carbocycles. The van der Waals surface area contributed by atoms with E-state index in [0.717, 1.165) is 51.2 Å². The molecule has 0 saturated heterocycles. The van der Waals surface area contributed by atoms with Crippen LogP contribution >= 0.6 is 0 Å². The maximum Gasteiger partial charge on any atom is 0.316 e. The van der Waals surface area contributed by atoms with E-state index >= 15 is 0 Å². The van der Waals surface area contributed by atoms with Crippen molar-refractivity contribution in [3.05, 3.63) is 50.8 Å². The Hall–Kier alpha value is -3.35. The van der Waals surface area contributed by atoms with Gasteiger partial charge in [0.05, 0.1) is 34.4 Å². The van der Waals surface area contributed by atoms with Crippen molar-refractivity contribution in [3.63, 3.8) is 0 Å². The summed E-state index contributed by atoms with van der Waals surface area (Å²) in [4.78, 5) is 31.1. The van der Waals surface area contributed by atoms with Gasteiger partial charge < -0.3 is 18.8 Å². The van der Waals surface area contributed by atoms with Gasteiger partial charge >= 0.3 is 5.97 Å². The highest BCUT2D eigenvalue weighted by Crippen LogP contribution is 2.43. The van der Waals surface area contributed by atoms with E-state index in [4.69, 9.17) is 19.2 Å². The van der Waals surface area contributed by atoms with Crippen molar-refractivity contribution in [2.24, 2.45) is 0 Å². The lowest BCUT2D eigenvalue weighted by atomic mass is 9.76. The van der Waals surface area contributed by atoms with E-state index in [-0.39, 0.29) is 18.1 Å². The molecule has 5 heterocycles. The van der Waals surface area contributed by atoms with Crippen LogP contribution in [-0.4, -0.2) is 28.7 Å². The summed E-state index contributed by atoms with van der Waals surface area (Å²) in [7, 11) is 0. The van der Waals surface area contributed by atoms with Crippen molar-refractivity contribution in [1.29, 1.82) is 0 Å². The predicted octanol–water partition coefficient (Wildman–Crippen LogP) is 3.48. The number of pyridine rings is 2. The first-order valence-corrected chi connectivity index (χ1v) is 11.2. The minimum absolute atomic E-state index is 0.0245. The number of aryl methyl sites for hydroxylation is 1. The Labute approximate surface area is 184 Å². The number of cyclic esters (lactones) is 1. The molecule has 32 heavy (non-hydrogen) atoms. The number of carbonyl (C=O) groups excluding carboxylic acids is 1. The molecule has 0 radical (unpaired) electrons. The number of hydrogen-bond acceptors (Lipinski definition) is 6. The number of aromatic nitrogens is 2.